The number of rotatable bonds is 3. The molecule has 1 aliphatic rings. The molecule has 0 aliphatic carbocycles. The van der Waals surface area contributed by atoms with Crippen molar-refractivity contribution in [3.8, 4) is 0 Å². The molecule has 0 aromatic carbocycles. The molecule has 0 radical (unpaired) electrons. The maximum Gasteiger partial charge on any atom is 0.276 e. The molecule has 0 saturated carbocycles. The summed E-state index contributed by atoms with van der Waals surface area (Å²) in [7, 11) is 0. The van der Waals surface area contributed by atoms with Gasteiger partial charge in [-0.2, -0.15) is 0 Å². The van der Waals surface area contributed by atoms with Gasteiger partial charge in [-0.05, 0) is 6.92 Å². The van der Waals surface area contributed by atoms with E-state index in [0.29, 0.717) is 18.9 Å². The van der Waals surface area contributed by atoms with Crippen LogP contribution in [0.5, 0.6) is 0 Å². The van der Waals surface area contributed by atoms with Crippen LogP contribution in [0.2, 0.25) is 5.15 Å². The number of pyridine rings is 1. The molecule has 2 heterocycles. The van der Waals surface area contributed by atoms with E-state index < -0.39 is 4.92 Å². The highest BCUT2D eigenvalue weighted by Gasteiger charge is 2.26. The Labute approximate surface area is 114 Å². The van der Waals surface area contributed by atoms with Crippen molar-refractivity contribution < 1.29 is 14.8 Å². The lowest BCUT2D eigenvalue weighted by Crippen LogP contribution is -2.48. The number of morpholine rings is 1. The number of halogens is 1. The summed E-state index contributed by atoms with van der Waals surface area (Å²) in [6.45, 7) is 2.73. The average Bonchev–Trinajstić information content (AvgIpc) is 2.37. The Balaban J connectivity index is 2.27. The molecule has 1 saturated heterocycles. The Bertz CT molecular complexity index is 485. The second-order valence-electron chi connectivity index (χ2n) is 4.42. The zero-order valence-corrected chi connectivity index (χ0v) is 11.1. The SMILES string of the molecule is CC1CN(c2cc([N+](=O)[O-])cc(Cl)n2)CC(CO)O1. The Hall–Kier alpha value is -1.44. The van der Waals surface area contributed by atoms with Crippen LogP contribution in [0.4, 0.5) is 11.5 Å². The molecule has 8 heteroatoms. The quantitative estimate of drug-likeness (QED) is 0.511. The highest BCUT2D eigenvalue weighted by Crippen LogP contribution is 2.25. The monoisotopic (exact) mass is 287 g/mol. The molecule has 0 amide bonds. The summed E-state index contributed by atoms with van der Waals surface area (Å²) in [4.78, 5) is 16.2. The highest BCUT2D eigenvalue weighted by molar-refractivity contribution is 6.29. The van der Waals surface area contributed by atoms with Gasteiger partial charge in [-0.1, -0.05) is 11.6 Å². The third-order valence-corrected chi connectivity index (χ3v) is 3.02. The predicted octanol–water partition coefficient (Wildman–Crippen LogP) is 1.23. The number of anilines is 1. The largest absolute Gasteiger partial charge is 0.394 e. The number of nitrogens with zero attached hydrogens (tertiary/aromatic N) is 3. The summed E-state index contributed by atoms with van der Waals surface area (Å²) in [5.74, 6) is 0.424. The molecule has 1 aromatic heterocycles. The number of nitro groups is 1. The van der Waals surface area contributed by atoms with Gasteiger partial charge in [0.25, 0.3) is 5.69 Å². The van der Waals surface area contributed by atoms with Crippen LogP contribution in [-0.4, -0.2) is 46.9 Å². The lowest BCUT2D eigenvalue weighted by Gasteiger charge is -2.36. The molecular weight excluding hydrogens is 274 g/mol. The van der Waals surface area contributed by atoms with E-state index in [9.17, 15) is 10.1 Å². The molecule has 0 spiro atoms. The summed E-state index contributed by atoms with van der Waals surface area (Å²) >= 11 is 5.80. The van der Waals surface area contributed by atoms with Crippen LogP contribution in [0.15, 0.2) is 12.1 Å². The number of ether oxygens (including phenoxy) is 1. The fourth-order valence-electron chi connectivity index (χ4n) is 2.07. The minimum absolute atomic E-state index is 0.0730. The van der Waals surface area contributed by atoms with Crippen LogP contribution in [0.25, 0.3) is 0 Å². The third-order valence-electron chi connectivity index (χ3n) is 2.83. The Morgan fingerprint density at radius 2 is 2.37 bits per heavy atom. The molecule has 1 fully saturated rings. The summed E-state index contributed by atoms with van der Waals surface area (Å²) in [6.07, 6.45) is -0.422. The van der Waals surface area contributed by atoms with Crippen molar-refractivity contribution in [3.63, 3.8) is 0 Å². The van der Waals surface area contributed by atoms with E-state index in [0.717, 1.165) is 0 Å². The second kappa shape index (κ2) is 5.68. The number of hydrogen-bond acceptors (Lipinski definition) is 6. The number of aromatic nitrogens is 1. The van der Waals surface area contributed by atoms with Crippen molar-refractivity contribution in [2.45, 2.75) is 19.1 Å². The van der Waals surface area contributed by atoms with Crippen molar-refractivity contribution >= 4 is 23.1 Å². The standard InChI is InChI=1S/C11H14ClN3O4/c1-7-4-14(5-9(6-16)19-7)11-3-8(15(17)18)2-10(12)13-11/h2-3,7,9,16H,4-6H2,1H3. The van der Waals surface area contributed by atoms with Crippen LogP contribution in [0.3, 0.4) is 0 Å². The highest BCUT2D eigenvalue weighted by atomic mass is 35.5. The first-order valence-corrected chi connectivity index (χ1v) is 6.20. The summed E-state index contributed by atoms with van der Waals surface area (Å²) in [5.41, 5.74) is -0.102. The second-order valence-corrected chi connectivity index (χ2v) is 4.81. The number of hydrogen-bond donors (Lipinski definition) is 1. The number of aliphatic hydroxyl groups is 1. The first kappa shape index (κ1) is 14.0. The van der Waals surface area contributed by atoms with E-state index in [-0.39, 0.29) is 29.7 Å². The molecule has 2 rings (SSSR count). The molecule has 2 atom stereocenters. The minimum Gasteiger partial charge on any atom is -0.394 e. The van der Waals surface area contributed by atoms with Gasteiger partial charge < -0.3 is 14.7 Å². The van der Waals surface area contributed by atoms with Gasteiger partial charge in [-0.25, -0.2) is 4.98 Å². The van der Waals surface area contributed by atoms with Crippen molar-refractivity contribution in [3.05, 3.63) is 27.4 Å². The fourth-order valence-corrected chi connectivity index (χ4v) is 2.27. The molecule has 19 heavy (non-hydrogen) atoms. The minimum atomic E-state index is -0.509. The van der Waals surface area contributed by atoms with Crippen molar-refractivity contribution in [2.75, 3.05) is 24.6 Å². The maximum atomic E-state index is 10.8. The van der Waals surface area contributed by atoms with E-state index in [1.54, 1.807) is 0 Å². The zero-order chi connectivity index (χ0) is 14.0. The van der Waals surface area contributed by atoms with Crippen LogP contribution in [-0.2, 0) is 4.74 Å². The fraction of sp³-hybridized carbons (Fsp3) is 0.545. The number of aliphatic hydroxyl groups excluding tert-OH is 1. The van der Waals surface area contributed by atoms with Crippen LogP contribution >= 0.6 is 11.6 Å². The van der Waals surface area contributed by atoms with Crippen LogP contribution in [0.1, 0.15) is 6.92 Å². The molecule has 0 bridgehead atoms. The Morgan fingerprint density at radius 3 is 3.00 bits per heavy atom. The van der Waals surface area contributed by atoms with Gasteiger partial charge in [-0.3, -0.25) is 10.1 Å². The van der Waals surface area contributed by atoms with E-state index in [1.165, 1.54) is 12.1 Å². The molecule has 7 nitrogen and oxygen atoms in total. The van der Waals surface area contributed by atoms with E-state index in [1.807, 2.05) is 11.8 Å². The first-order chi connectivity index (χ1) is 8.99. The van der Waals surface area contributed by atoms with Gasteiger partial charge in [0.1, 0.15) is 11.0 Å². The van der Waals surface area contributed by atoms with Crippen molar-refractivity contribution in [1.82, 2.24) is 4.98 Å². The van der Waals surface area contributed by atoms with Gasteiger partial charge in [0.05, 0.1) is 35.9 Å². The first-order valence-electron chi connectivity index (χ1n) is 5.83. The molecule has 1 aliphatic heterocycles. The predicted molar refractivity (Wildman–Crippen MR) is 69.5 cm³/mol. The van der Waals surface area contributed by atoms with Gasteiger partial charge >= 0.3 is 0 Å². The lowest BCUT2D eigenvalue weighted by molar-refractivity contribution is -0.384. The summed E-state index contributed by atoms with van der Waals surface area (Å²) < 4.78 is 5.51. The van der Waals surface area contributed by atoms with Gasteiger partial charge in [-0.15, -0.1) is 0 Å². The van der Waals surface area contributed by atoms with E-state index in [4.69, 9.17) is 21.4 Å². The van der Waals surface area contributed by atoms with Gasteiger partial charge in [0, 0.05) is 13.1 Å². The zero-order valence-electron chi connectivity index (χ0n) is 10.3. The molecule has 104 valence electrons. The van der Waals surface area contributed by atoms with Crippen LogP contribution in [0, 0.1) is 10.1 Å². The molecular formula is C11H14ClN3O4. The van der Waals surface area contributed by atoms with Gasteiger partial charge in [0.15, 0.2) is 0 Å². The Morgan fingerprint density at radius 1 is 1.63 bits per heavy atom. The average molecular weight is 288 g/mol. The third kappa shape index (κ3) is 3.31. The normalized spacial score (nSPS) is 23.4. The van der Waals surface area contributed by atoms with E-state index in [2.05, 4.69) is 4.98 Å². The van der Waals surface area contributed by atoms with Crippen molar-refractivity contribution in [1.29, 1.82) is 0 Å². The van der Waals surface area contributed by atoms with E-state index >= 15 is 0 Å². The Kier molecular flexibility index (Phi) is 4.18. The van der Waals surface area contributed by atoms with Crippen molar-refractivity contribution in [2.24, 2.45) is 0 Å². The molecule has 1 aromatic rings. The summed E-state index contributed by atoms with van der Waals surface area (Å²) in [6, 6.07) is 2.58. The maximum absolute atomic E-state index is 10.8. The van der Waals surface area contributed by atoms with Gasteiger partial charge in [0.2, 0.25) is 0 Å². The smallest absolute Gasteiger partial charge is 0.276 e. The topological polar surface area (TPSA) is 88.7 Å². The molecule has 1 N–H and O–H groups in total. The summed E-state index contributed by atoms with van der Waals surface area (Å²) in [5, 5.41) is 20.0. The lowest BCUT2D eigenvalue weighted by atomic mass is 10.2. The molecule has 2 unspecified atom stereocenters. The van der Waals surface area contributed by atoms with Crippen LogP contribution < -0.4 is 4.90 Å².